The largest absolute Gasteiger partial charge is 0.452 e. The van der Waals surface area contributed by atoms with Gasteiger partial charge in [-0.1, -0.05) is 27.7 Å². The normalized spacial score (nSPS) is 11.4. The van der Waals surface area contributed by atoms with E-state index in [4.69, 9.17) is 4.74 Å². The Balaban J connectivity index is 2.81. The Kier molecular flexibility index (Phi) is 9.18. The number of carbonyl (C=O) groups is 3. The average molecular weight is 431 g/mol. The van der Waals surface area contributed by atoms with E-state index in [1.54, 1.807) is 13.8 Å². The molecule has 1 aromatic rings. The van der Waals surface area contributed by atoms with Crippen molar-refractivity contribution in [1.29, 1.82) is 0 Å². The lowest BCUT2D eigenvalue weighted by Crippen LogP contribution is -2.42. The molecular formula is C18H26FN3O6S. The van der Waals surface area contributed by atoms with Crippen molar-refractivity contribution >= 4 is 27.9 Å². The third-order valence-electron chi connectivity index (χ3n) is 3.75. The Hall–Kier alpha value is -2.53. The zero-order valence-corrected chi connectivity index (χ0v) is 17.6. The van der Waals surface area contributed by atoms with Gasteiger partial charge in [-0.3, -0.25) is 10.1 Å². The van der Waals surface area contributed by atoms with Gasteiger partial charge < -0.3 is 10.1 Å². The van der Waals surface area contributed by atoms with E-state index in [1.807, 2.05) is 19.2 Å². The SMILES string of the molecule is CCN(CC)S(=O)(=O)c1cc(C(=O)OCC(=O)NC(=O)NCC(C)C)ccc1F. The molecule has 0 heterocycles. The van der Waals surface area contributed by atoms with Crippen molar-refractivity contribution in [3.8, 4) is 0 Å². The first-order chi connectivity index (χ1) is 13.5. The van der Waals surface area contributed by atoms with E-state index in [1.165, 1.54) is 0 Å². The lowest BCUT2D eigenvalue weighted by atomic mass is 10.2. The van der Waals surface area contributed by atoms with Gasteiger partial charge in [-0.15, -0.1) is 0 Å². The number of halogens is 1. The molecule has 0 aliphatic heterocycles. The summed E-state index contributed by atoms with van der Waals surface area (Å²) in [7, 11) is -4.13. The lowest BCUT2D eigenvalue weighted by molar-refractivity contribution is -0.123. The number of benzene rings is 1. The quantitative estimate of drug-likeness (QED) is 0.572. The fourth-order valence-electron chi connectivity index (χ4n) is 2.25. The summed E-state index contributed by atoms with van der Waals surface area (Å²) in [5.41, 5.74) is -0.241. The maximum atomic E-state index is 14.1. The smallest absolute Gasteiger partial charge is 0.338 e. The molecule has 0 unspecified atom stereocenters. The molecule has 0 bridgehead atoms. The highest BCUT2D eigenvalue weighted by Crippen LogP contribution is 2.21. The van der Waals surface area contributed by atoms with E-state index in [0.717, 1.165) is 22.5 Å². The molecule has 0 atom stereocenters. The Morgan fingerprint density at radius 2 is 1.79 bits per heavy atom. The number of hydrogen-bond donors (Lipinski definition) is 2. The van der Waals surface area contributed by atoms with Gasteiger partial charge in [-0.25, -0.2) is 22.4 Å². The maximum absolute atomic E-state index is 14.1. The third kappa shape index (κ3) is 7.09. The second-order valence-corrected chi connectivity index (χ2v) is 8.37. The van der Waals surface area contributed by atoms with Crippen molar-refractivity contribution in [3.63, 3.8) is 0 Å². The maximum Gasteiger partial charge on any atom is 0.338 e. The zero-order valence-electron chi connectivity index (χ0n) is 16.8. The number of amides is 3. The fourth-order valence-corrected chi connectivity index (χ4v) is 3.80. The van der Waals surface area contributed by atoms with E-state index in [-0.39, 0.29) is 24.6 Å². The van der Waals surface area contributed by atoms with Gasteiger partial charge in [0, 0.05) is 19.6 Å². The fraction of sp³-hybridized carbons (Fsp3) is 0.500. The summed E-state index contributed by atoms with van der Waals surface area (Å²) in [6, 6.07) is 2.02. The number of hydrogen-bond acceptors (Lipinski definition) is 6. The topological polar surface area (TPSA) is 122 Å². The first-order valence-electron chi connectivity index (χ1n) is 9.07. The number of sulfonamides is 1. The first-order valence-corrected chi connectivity index (χ1v) is 10.5. The Morgan fingerprint density at radius 1 is 1.17 bits per heavy atom. The minimum Gasteiger partial charge on any atom is -0.452 e. The number of esters is 1. The highest BCUT2D eigenvalue weighted by Gasteiger charge is 2.26. The summed E-state index contributed by atoms with van der Waals surface area (Å²) < 4.78 is 44.9. The van der Waals surface area contributed by atoms with Crippen LogP contribution in [0.1, 0.15) is 38.1 Å². The number of carbonyl (C=O) groups excluding carboxylic acids is 3. The molecule has 2 N–H and O–H groups in total. The molecule has 0 radical (unpaired) electrons. The van der Waals surface area contributed by atoms with Gasteiger partial charge >= 0.3 is 12.0 Å². The van der Waals surface area contributed by atoms with E-state index < -0.39 is 45.3 Å². The van der Waals surface area contributed by atoms with Crippen LogP contribution in [0.15, 0.2) is 23.1 Å². The van der Waals surface area contributed by atoms with Crippen molar-refractivity contribution in [1.82, 2.24) is 14.9 Å². The van der Waals surface area contributed by atoms with Gasteiger partial charge in [0.2, 0.25) is 10.0 Å². The number of urea groups is 1. The molecule has 0 fully saturated rings. The van der Waals surface area contributed by atoms with E-state index in [9.17, 15) is 27.2 Å². The molecule has 29 heavy (non-hydrogen) atoms. The van der Waals surface area contributed by atoms with E-state index >= 15 is 0 Å². The monoisotopic (exact) mass is 431 g/mol. The van der Waals surface area contributed by atoms with Crippen LogP contribution in [0.3, 0.4) is 0 Å². The average Bonchev–Trinajstić information content (AvgIpc) is 2.65. The summed E-state index contributed by atoms with van der Waals surface area (Å²) in [6.45, 7) is 6.82. The molecule has 1 rings (SSSR count). The number of nitrogens with zero attached hydrogens (tertiary/aromatic N) is 1. The molecule has 0 saturated heterocycles. The van der Waals surface area contributed by atoms with Gasteiger partial charge in [0.25, 0.3) is 5.91 Å². The standard InChI is InChI=1S/C18H26FN3O6S/c1-5-22(6-2)29(26,27)15-9-13(7-8-14(15)19)17(24)28-11-16(23)21-18(25)20-10-12(3)4/h7-9,12H,5-6,10-11H2,1-4H3,(H2,20,21,23,25). The first kappa shape index (κ1) is 24.5. The number of nitrogens with one attached hydrogen (secondary N) is 2. The minimum atomic E-state index is -4.13. The molecule has 9 nitrogen and oxygen atoms in total. The highest BCUT2D eigenvalue weighted by atomic mass is 32.2. The van der Waals surface area contributed by atoms with Crippen LogP contribution < -0.4 is 10.6 Å². The number of imide groups is 1. The molecule has 0 aliphatic rings. The van der Waals surface area contributed by atoms with Crippen LogP contribution in [-0.4, -0.2) is 56.9 Å². The summed E-state index contributed by atoms with van der Waals surface area (Å²) in [6.07, 6.45) is 0. The van der Waals surface area contributed by atoms with Gasteiger partial charge in [-0.2, -0.15) is 4.31 Å². The van der Waals surface area contributed by atoms with Crippen molar-refractivity contribution in [2.45, 2.75) is 32.6 Å². The molecule has 162 valence electrons. The van der Waals surface area contributed by atoms with Crippen LogP contribution in [0.25, 0.3) is 0 Å². The molecule has 0 aliphatic carbocycles. The minimum absolute atomic E-state index is 0.131. The van der Waals surface area contributed by atoms with Crippen molar-refractivity contribution in [2.75, 3.05) is 26.2 Å². The van der Waals surface area contributed by atoms with Crippen LogP contribution in [-0.2, 0) is 19.6 Å². The molecule has 3 amide bonds. The van der Waals surface area contributed by atoms with Crippen LogP contribution in [0, 0.1) is 11.7 Å². The molecule has 1 aromatic carbocycles. The van der Waals surface area contributed by atoms with E-state index in [0.29, 0.717) is 6.54 Å². The molecule has 0 saturated carbocycles. The van der Waals surface area contributed by atoms with Crippen LogP contribution in [0.2, 0.25) is 0 Å². The predicted octanol–water partition coefficient (Wildman–Crippen LogP) is 1.49. The Labute approximate surface area is 169 Å². The second kappa shape index (κ2) is 10.9. The molecule has 11 heteroatoms. The summed E-state index contributed by atoms with van der Waals surface area (Å²) in [4.78, 5) is 34.6. The summed E-state index contributed by atoms with van der Waals surface area (Å²) in [5.74, 6) is -2.71. The number of ether oxygens (including phenoxy) is 1. The highest BCUT2D eigenvalue weighted by molar-refractivity contribution is 7.89. The van der Waals surface area contributed by atoms with Crippen molar-refractivity contribution in [2.24, 2.45) is 5.92 Å². The van der Waals surface area contributed by atoms with Crippen LogP contribution >= 0.6 is 0 Å². The zero-order chi connectivity index (χ0) is 22.2. The Morgan fingerprint density at radius 3 is 2.34 bits per heavy atom. The van der Waals surface area contributed by atoms with Gasteiger partial charge in [-0.05, 0) is 24.1 Å². The predicted molar refractivity (Wildman–Crippen MR) is 103 cm³/mol. The molecule has 0 aromatic heterocycles. The summed E-state index contributed by atoms with van der Waals surface area (Å²) in [5, 5.41) is 4.45. The van der Waals surface area contributed by atoms with E-state index in [2.05, 4.69) is 5.32 Å². The van der Waals surface area contributed by atoms with Gasteiger partial charge in [0.15, 0.2) is 6.61 Å². The van der Waals surface area contributed by atoms with Crippen molar-refractivity contribution in [3.05, 3.63) is 29.6 Å². The van der Waals surface area contributed by atoms with Crippen LogP contribution in [0.4, 0.5) is 9.18 Å². The number of rotatable bonds is 9. The second-order valence-electron chi connectivity index (χ2n) is 6.46. The summed E-state index contributed by atoms with van der Waals surface area (Å²) >= 11 is 0. The molecule has 0 spiro atoms. The van der Waals surface area contributed by atoms with Gasteiger partial charge in [0.05, 0.1) is 5.56 Å². The van der Waals surface area contributed by atoms with Gasteiger partial charge in [0.1, 0.15) is 10.7 Å². The molecular weight excluding hydrogens is 405 g/mol. The van der Waals surface area contributed by atoms with Crippen LogP contribution in [0.5, 0.6) is 0 Å². The van der Waals surface area contributed by atoms with Crippen molar-refractivity contribution < 1.29 is 31.9 Å². The third-order valence-corrected chi connectivity index (χ3v) is 5.81. The Bertz CT molecular complexity index is 853. The lowest BCUT2D eigenvalue weighted by Gasteiger charge is -2.19.